The van der Waals surface area contributed by atoms with Gasteiger partial charge in [0.25, 0.3) is 0 Å². The number of piperidine rings is 1. The molecule has 1 aliphatic heterocycles. The van der Waals surface area contributed by atoms with Crippen LogP contribution in [0.2, 0.25) is 0 Å². The molecule has 0 spiro atoms. The van der Waals surface area contributed by atoms with Gasteiger partial charge in [0.1, 0.15) is 11.6 Å². The summed E-state index contributed by atoms with van der Waals surface area (Å²) in [6.45, 7) is 2.40. The lowest BCUT2D eigenvalue weighted by Gasteiger charge is -2.32. The highest BCUT2D eigenvalue weighted by atomic mass is 19.2. The molecular weight excluding hydrogens is 395 g/mol. The quantitative estimate of drug-likeness (QED) is 0.618. The number of ether oxygens (including phenoxy) is 1. The van der Waals surface area contributed by atoms with Crippen LogP contribution in [-0.2, 0) is 6.54 Å². The molecule has 2 heterocycles. The van der Waals surface area contributed by atoms with Crippen LogP contribution in [0.25, 0.3) is 10.9 Å². The summed E-state index contributed by atoms with van der Waals surface area (Å²) in [6.07, 6.45) is 1.74. The molecule has 0 unspecified atom stereocenters. The monoisotopic (exact) mass is 417 g/mol. The van der Waals surface area contributed by atoms with Crippen LogP contribution in [0.15, 0.2) is 30.3 Å². The molecular formula is C21H22F3N5O. The highest BCUT2D eigenvalue weighted by Crippen LogP contribution is 2.30. The minimum atomic E-state index is -1.43. The Morgan fingerprint density at radius 3 is 2.43 bits per heavy atom. The molecule has 0 radical (unpaired) electrons. The van der Waals surface area contributed by atoms with Gasteiger partial charge in [0.05, 0.1) is 17.5 Å². The lowest BCUT2D eigenvalue weighted by molar-refractivity contribution is 0.137. The second-order valence-electron chi connectivity index (χ2n) is 7.52. The Balaban J connectivity index is 1.34. The molecule has 4 N–H and O–H groups in total. The van der Waals surface area contributed by atoms with E-state index in [-0.39, 0.29) is 11.8 Å². The van der Waals surface area contributed by atoms with Gasteiger partial charge in [-0.2, -0.15) is 4.98 Å². The number of hydrogen-bond acceptors (Lipinski definition) is 6. The second-order valence-corrected chi connectivity index (χ2v) is 7.52. The first-order valence-corrected chi connectivity index (χ1v) is 9.71. The molecule has 1 aromatic heterocycles. The number of likely N-dealkylation sites (tertiary alicyclic amines) is 1. The molecule has 9 heteroatoms. The summed E-state index contributed by atoms with van der Waals surface area (Å²) in [5.74, 6) is -2.41. The zero-order valence-corrected chi connectivity index (χ0v) is 16.2. The fourth-order valence-corrected chi connectivity index (χ4v) is 3.79. The van der Waals surface area contributed by atoms with Crippen LogP contribution in [0.5, 0.6) is 5.75 Å². The SMILES string of the molecule is Nc1nc(N)c2c(OCC3CCN(Cc4cc(F)c(F)c(F)c4)CC3)cccc2n1. The number of hydrogen-bond donors (Lipinski definition) is 2. The fraction of sp³-hybridized carbons (Fsp3) is 0.333. The third kappa shape index (κ3) is 4.25. The van der Waals surface area contributed by atoms with Gasteiger partial charge in [0, 0.05) is 6.54 Å². The standard InChI is InChI=1S/C21H22F3N5O/c22-14-8-13(9-15(23)19(14)24)10-29-6-4-12(5-7-29)11-30-17-3-1-2-16-18(17)20(25)28-21(26)27-16/h1-3,8-9,12H,4-7,10-11H2,(H4,25,26,27,28). The number of rotatable bonds is 5. The van der Waals surface area contributed by atoms with Gasteiger partial charge in [-0.15, -0.1) is 0 Å². The molecule has 1 saturated heterocycles. The molecule has 6 nitrogen and oxygen atoms in total. The summed E-state index contributed by atoms with van der Waals surface area (Å²) in [7, 11) is 0. The van der Waals surface area contributed by atoms with E-state index in [9.17, 15) is 13.2 Å². The summed E-state index contributed by atoms with van der Waals surface area (Å²) in [5.41, 5.74) is 12.7. The maximum atomic E-state index is 13.4. The van der Waals surface area contributed by atoms with Gasteiger partial charge < -0.3 is 16.2 Å². The summed E-state index contributed by atoms with van der Waals surface area (Å²) in [6, 6.07) is 7.55. The smallest absolute Gasteiger partial charge is 0.222 e. The molecule has 0 bridgehead atoms. The van der Waals surface area contributed by atoms with Crippen LogP contribution < -0.4 is 16.2 Å². The summed E-state index contributed by atoms with van der Waals surface area (Å²) >= 11 is 0. The normalized spacial score (nSPS) is 15.6. The first-order chi connectivity index (χ1) is 14.4. The average molecular weight is 417 g/mol. The highest BCUT2D eigenvalue weighted by molar-refractivity contribution is 5.94. The Morgan fingerprint density at radius 1 is 1.03 bits per heavy atom. The Bertz CT molecular complexity index is 1050. The van der Waals surface area contributed by atoms with Gasteiger partial charge >= 0.3 is 0 Å². The first-order valence-electron chi connectivity index (χ1n) is 9.71. The number of anilines is 2. The zero-order valence-electron chi connectivity index (χ0n) is 16.2. The van der Waals surface area contributed by atoms with E-state index < -0.39 is 17.5 Å². The van der Waals surface area contributed by atoms with Crippen LogP contribution in [0.4, 0.5) is 24.9 Å². The number of aromatic nitrogens is 2. The van der Waals surface area contributed by atoms with E-state index in [2.05, 4.69) is 14.9 Å². The predicted octanol–water partition coefficient (Wildman–Crippen LogP) is 3.50. The lowest BCUT2D eigenvalue weighted by atomic mass is 9.97. The molecule has 158 valence electrons. The number of fused-ring (bicyclic) bond motifs is 1. The van der Waals surface area contributed by atoms with Crippen molar-refractivity contribution >= 4 is 22.7 Å². The molecule has 0 atom stereocenters. The van der Waals surface area contributed by atoms with E-state index in [0.717, 1.165) is 38.1 Å². The van der Waals surface area contributed by atoms with Gasteiger partial charge in [-0.05, 0) is 61.7 Å². The van der Waals surface area contributed by atoms with Crippen LogP contribution >= 0.6 is 0 Å². The number of halogens is 3. The topological polar surface area (TPSA) is 90.3 Å². The molecule has 0 saturated carbocycles. The minimum Gasteiger partial charge on any atom is -0.492 e. The molecule has 0 amide bonds. The van der Waals surface area contributed by atoms with E-state index >= 15 is 0 Å². The summed E-state index contributed by atoms with van der Waals surface area (Å²) in [4.78, 5) is 10.3. The van der Waals surface area contributed by atoms with E-state index in [4.69, 9.17) is 16.2 Å². The van der Waals surface area contributed by atoms with Crippen molar-refractivity contribution in [1.29, 1.82) is 0 Å². The Labute approximate surface area is 171 Å². The number of nitrogens with two attached hydrogens (primary N) is 2. The van der Waals surface area contributed by atoms with Gasteiger partial charge in [0.2, 0.25) is 5.95 Å². The molecule has 4 rings (SSSR count). The molecule has 3 aromatic rings. The largest absolute Gasteiger partial charge is 0.492 e. The minimum absolute atomic E-state index is 0.116. The van der Waals surface area contributed by atoms with Crippen LogP contribution in [-0.4, -0.2) is 34.6 Å². The number of nitrogen functional groups attached to an aromatic ring is 2. The molecule has 1 aliphatic rings. The van der Waals surface area contributed by atoms with E-state index in [0.29, 0.717) is 41.3 Å². The van der Waals surface area contributed by atoms with Crippen LogP contribution in [0, 0.1) is 23.4 Å². The maximum Gasteiger partial charge on any atom is 0.222 e. The Hall–Kier alpha value is -3.07. The van der Waals surface area contributed by atoms with E-state index in [1.807, 2.05) is 12.1 Å². The van der Waals surface area contributed by atoms with Crippen molar-refractivity contribution in [3.63, 3.8) is 0 Å². The predicted molar refractivity (Wildman–Crippen MR) is 108 cm³/mol. The highest BCUT2D eigenvalue weighted by Gasteiger charge is 2.21. The van der Waals surface area contributed by atoms with Crippen molar-refractivity contribution in [1.82, 2.24) is 14.9 Å². The van der Waals surface area contributed by atoms with Gasteiger partial charge in [0.15, 0.2) is 17.5 Å². The Kier molecular flexibility index (Phi) is 5.63. The molecule has 2 aromatic carbocycles. The average Bonchev–Trinajstić information content (AvgIpc) is 2.71. The lowest BCUT2D eigenvalue weighted by Crippen LogP contribution is -2.35. The maximum absolute atomic E-state index is 13.4. The van der Waals surface area contributed by atoms with Crippen molar-refractivity contribution in [3.8, 4) is 5.75 Å². The fourth-order valence-electron chi connectivity index (χ4n) is 3.79. The van der Waals surface area contributed by atoms with Gasteiger partial charge in [-0.1, -0.05) is 6.07 Å². The van der Waals surface area contributed by atoms with Crippen molar-refractivity contribution in [3.05, 3.63) is 53.3 Å². The number of nitrogens with zero attached hydrogens (tertiary/aromatic N) is 3. The van der Waals surface area contributed by atoms with Crippen molar-refractivity contribution in [2.24, 2.45) is 5.92 Å². The third-order valence-electron chi connectivity index (χ3n) is 5.36. The summed E-state index contributed by atoms with van der Waals surface area (Å²) in [5, 5.41) is 0.643. The van der Waals surface area contributed by atoms with Crippen LogP contribution in [0.1, 0.15) is 18.4 Å². The van der Waals surface area contributed by atoms with Crippen molar-refractivity contribution in [2.45, 2.75) is 19.4 Å². The number of benzene rings is 2. The van der Waals surface area contributed by atoms with Crippen LogP contribution in [0.3, 0.4) is 0 Å². The molecule has 30 heavy (non-hydrogen) atoms. The van der Waals surface area contributed by atoms with Crippen molar-refractivity contribution < 1.29 is 17.9 Å². The summed E-state index contributed by atoms with van der Waals surface area (Å²) < 4.78 is 45.9. The van der Waals surface area contributed by atoms with E-state index in [1.165, 1.54) is 0 Å². The molecule has 0 aliphatic carbocycles. The Morgan fingerprint density at radius 2 is 1.73 bits per heavy atom. The van der Waals surface area contributed by atoms with Gasteiger partial charge in [-0.3, -0.25) is 4.90 Å². The first kappa shape index (κ1) is 20.2. The van der Waals surface area contributed by atoms with Gasteiger partial charge in [-0.25, -0.2) is 18.2 Å². The zero-order chi connectivity index (χ0) is 21.3. The van der Waals surface area contributed by atoms with Crippen molar-refractivity contribution in [2.75, 3.05) is 31.2 Å². The second kappa shape index (κ2) is 8.35. The van der Waals surface area contributed by atoms with E-state index in [1.54, 1.807) is 6.07 Å². The third-order valence-corrected chi connectivity index (χ3v) is 5.36. The molecule has 1 fully saturated rings.